The summed E-state index contributed by atoms with van der Waals surface area (Å²) >= 11 is 0. The molecule has 1 heterocycles. The summed E-state index contributed by atoms with van der Waals surface area (Å²) in [5.41, 5.74) is 6.19. The molecule has 1 aromatic rings. The van der Waals surface area contributed by atoms with Crippen molar-refractivity contribution in [2.45, 2.75) is 19.3 Å². The third kappa shape index (κ3) is 2.09. The molecule has 0 aliphatic rings. The van der Waals surface area contributed by atoms with Crippen LogP contribution in [0.1, 0.15) is 35.3 Å². The molecule has 0 saturated heterocycles. The van der Waals surface area contributed by atoms with E-state index in [4.69, 9.17) is 10.8 Å². The van der Waals surface area contributed by atoms with Crippen LogP contribution >= 0.6 is 0 Å². The molecular formula is C10H14N2O2. The summed E-state index contributed by atoms with van der Waals surface area (Å²) in [5.74, 6) is -0.612. The molecule has 0 fully saturated rings. The molecule has 1 amide bonds. The number of amides is 1. The van der Waals surface area contributed by atoms with E-state index in [9.17, 15) is 4.79 Å². The van der Waals surface area contributed by atoms with Crippen molar-refractivity contribution in [3.63, 3.8) is 0 Å². The zero-order valence-corrected chi connectivity index (χ0v) is 8.10. The van der Waals surface area contributed by atoms with Gasteiger partial charge in [-0.25, -0.2) is 0 Å². The Morgan fingerprint density at radius 3 is 2.93 bits per heavy atom. The number of rotatable bonds is 4. The second kappa shape index (κ2) is 4.72. The molecule has 14 heavy (non-hydrogen) atoms. The first kappa shape index (κ1) is 10.7. The van der Waals surface area contributed by atoms with Gasteiger partial charge in [0.1, 0.15) is 0 Å². The Balaban J connectivity index is 3.11. The van der Waals surface area contributed by atoms with Crippen LogP contribution in [0.5, 0.6) is 0 Å². The molecule has 1 unspecified atom stereocenters. The maximum atomic E-state index is 11.1. The molecule has 0 radical (unpaired) electrons. The van der Waals surface area contributed by atoms with E-state index in [0.29, 0.717) is 11.3 Å². The van der Waals surface area contributed by atoms with Gasteiger partial charge in [-0.05, 0) is 18.6 Å². The molecule has 1 atom stereocenters. The normalized spacial score (nSPS) is 12.4. The highest BCUT2D eigenvalue weighted by atomic mass is 16.3. The minimum Gasteiger partial charge on any atom is -0.396 e. The first-order chi connectivity index (χ1) is 6.70. The van der Waals surface area contributed by atoms with Crippen molar-refractivity contribution in [2.75, 3.05) is 6.61 Å². The van der Waals surface area contributed by atoms with Gasteiger partial charge in [0.2, 0.25) is 0 Å². The molecule has 0 aliphatic heterocycles. The highest BCUT2D eigenvalue weighted by molar-refractivity contribution is 5.94. The number of carbonyl (C=O) groups is 1. The number of pyridine rings is 1. The number of aromatic nitrogens is 1. The topological polar surface area (TPSA) is 76.2 Å². The zero-order valence-electron chi connectivity index (χ0n) is 8.10. The van der Waals surface area contributed by atoms with Crippen molar-refractivity contribution in [2.24, 2.45) is 5.73 Å². The molecule has 76 valence electrons. The molecule has 0 saturated carbocycles. The molecule has 1 aromatic heterocycles. The van der Waals surface area contributed by atoms with Crippen molar-refractivity contribution in [3.05, 3.63) is 29.6 Å². The number of hydrogen-bond donors (Lipinski definition) is 2. The van der Waals surface area contributed by atoms with Crippen molar-refractivity contribution < 1.29 is 9.90 Å². The summed E-state index contributed by atoms with van der Waals surface area (Å²) < 4.78 is 0. The summed E-state index contributed by atoms with van der Waals surface area (Å²) in [6.45, 7) is 1.91. The number of nitrogens with zero attached hydrogens (tertiary/aromatic N) is 1. The van der Waals surface area contributed by atoms with Crippen LogP contribution in [0.25, 0.3) is 0 Å². The lowest BCUT2D eigenvalue weighted by Gasteiger charge is -2.13. The van der Waals surface area contributed by atoms with Crippen LogP contribution in [0.2, 0.25) is 0 Å². The molecule has 0 spiro atoms. The fourth-order valence-corrected chi connectivity index (χ4v) is 1.36. The van der Waals surface area contributed by atoms with Crippen LogP contribution in [0.4, 0.5) is 0 Å². The SMILES string of the molecule is CCC(CO)c1ncccc1C(N)=O. The summed E-state index contributed by atoms with van der Waals surface area (Å²) in [4.78, 5) is 15.1. The lowest BCUT2D eigenvalue weighted by molar-refractivity contribution is 0.0998. The van der Waals surface area contributed by atoms with Gasteiger partial charge in [0.25, 0.3) is 5.91 Å². The first-order valence-corrected chi connectivity index (χ1v) is 4.56. The number of aliphatic hydroxyl groups is 1. The average molecular weight is 194 g/mol. The van der Waals surface area contributed by atoms with E-state index in [2.05, 4.69) is 4.98 Å². The van der Waals surface area contributed by atoms with E-state index in [1.54, 1.807) is 18.3 Å². The maximum Gasteiger partial charge on any atom is 0.250 e. The lowest BCUT2D eigenvalue weighted by atomic mass is 9.98. The van der Waals surface area contributed by atoms with E-state index in [-0.39, 0.29) is 12.5 Å². The van der Waals surface area contributed by atoms with Gasteiger partial charge >= 0.3 is 0 Å². The third-order valence-corrected chi connectivity index (χ3v) is 2.20. The van der Waals surface area contributed by atoms with Gasteiger partial charge < -0.3 is 10.8 Å². The van der Waals surface area contributed by atoms with Crippen LogP contribution in [0.15, 0.2) is 18.3 Å². The Morgan fingerprint density at radius 2 is 2.43 bits per heavy atom. The minimum absolute atomic E-state index is 0.0200. The minimum atomic E-state index is -0.500. The Bertz CT molecular complexity index is 322. The predicted octanol–water partition coefficient (Wildman–Crippen LogP) is 0.666. The highest BCUT2D eigenvalue weighted by Gasteiger charge is 2.16. The van der Waals surface area contributed by atoms with Gasteiger partial charge in [0.05, 0.1) is 17.9 Å². The third-order valence-electron chi connectivity index (χ3n) is 2.20. The molecule has 4 nitrogen and oxygen atoms in total. The summed E-state index contributed by atoms with van der Waals surface area (Å²) in [5, 5.41) is 9.09. The smallest absolute Gasteiger partial charge is 0.250 e. The average Bonchev–Trinajstić information content (AvgIpc) is 2.20. The largest absolute Gasteiger partial charge is 0.396 e. The van der Waals surface area contributed by atoms with Gasteiger partial charge in [-0.3, -0.25) is 9.78 Å². The number of aliphatic hydroxyl groups excluding tert-OH is 1. The zero-order chi connectivity index (χ0) is 10.6. The van der Waals surface area contributed by atoms with Gasteiger partial charge in [0.15, 0.2) is 0 Å². The second-order valence-corrected chi connectivity index (χ2v) is 3.09. The monoisotopic (exact) mass is 194 g/mol. The molecule has 0 bridgehead atoms. The molecule has 3 N–H and O–H groups in total. The predicted molar refractivity (Wildman–Crippen MR) is 52.9 cm³/mol. The van der Waals surface area contributed by atoms with Gasteiger partial charge in [0, 0.05) is 12.1 Å². The second-order valence-electron chi connectivity index (χ2n) is 3.09. The Morgan fingerprint density at radius 1 is 1.71 bits per heavy atom. The quantitative estimate of drug-likeness (QED) is 0.739. The number of carbonyl (C=O) groups excluding carboxylic acids is 1. The van der Waals surface area contributed by atoms with E-state index in [1.165, 1.54) is 0 Å². The van der Waals surface area contributed by atoms with E-state index >= 15 is 0 Å². The molecule has 4 heteroatoms. The first-order valence-electron chi connectivity index (χ1n) is 4.56. The van der Waals surface area contributed by atoms with E-state index < -0.39 is 5.91 Å². The van der Waals surface area contributed by atoms with Crippen molar-refractivity contribution >= 4 is 5.91 Å². The fraction of sp³-hybridized carbons (Fsp3) is 0.400. The van der Waals surface area contributed by atoms with Gasteiger partial charge in [-0.1, -0.05) is 6.92 Å². The molecule has 1 rings (SSSR count). The lowest BCUT2D eigenvalue weighted by Crippen LogP contribution is -2.17. The van der Waals surface area contributed by atoms with Crippen LogP contribution in [0, 0.1) is 0 Å². The van der Waals surface area contributed by atoms with E-state index in [0.717, 1.165) is 6.42 Å². The van der Waals surface area contributed by atoms with Crippen molar-refractivity contribution in [1.82, 2.24) is 4.98 Å². The Kier molecular flexibility index (Phi) is 3.59. The molecule has 0 aromatic carbocycles. The molecular weight excluding hydrogens is 180 g/mol. The Labute approximate surface area is 82.8 Å². The fourth-order valence-electron chi connectivity index (χ4n) is 1.36. The van der Waals surface area contributed by atoms with Crippen LogP contribution in [-0.2, 0) is 0 Å². The van der Waals surface area contributed by atoms with Crippen molar-refractivity contribution in [1.29, 1.82) is 0 Å². The van der Waals surface area contributed by atoms with Crippen LogP contribution in [0.3, 0.4) is 0 Å². The van der Waals surface area contributed by atoms with Gasteiger partial charge in [-0.15, -0.1) is 0 Å². The van der Waals surface area contributed by atoms with Crippen LogP contribution < -0.4 is 5.73 Å². The standard InChI is InChI=1S/C10H14N2O2/c1-2-7(6-13)9-8(10(11)14)4-3-5-12-9/h3-5,7,13H,2,6H2,1H3,(H2,11,14). The number of hydrogen-bond acceptors (Lipinski definition) is 3. The number of nitrogens with two attached hydrogens (primary N) is 1. The van der Waals surface area contributed by atoms with Crippen molar-refractivity contribution in [3.8, 4) is 0 Å². The Hall–Kier alpha value is -1.42. The number of primary amides is 1. The molecule has 0 aliphatic carbocycles. The maximum absolute atomic E-state index is 11.1. The summed E-state index contributed by atoms with van der Waals surface area (Å²) in [6.07, 6.45) is 2.33. The van der Waals surface area contributed by atoms with E-state index in [1.807, 2.05) is 6.92 Å². The summed E-state index contributed by atoms with van der Waals surface area (Å²) in [7, 11) is 0. The van der Waals surface area contributed by atoms with Gasteiger partial charge in [-0.2, -0.15) is 0 Å². The summed E-state index contributed by atoms with van der Waals surface area (Å²) in [6, 6.07) is 3.29. The van der Waals surface area contributed by atoms with Crippen LogP contribution in [-0.4, -0.2) is 22.6 Å². The highest BCUT2D eigenvalue weighted by Crippen LogP contribution is 2.19.